The molecule has 0 fully saturated rings. The molecule has 0 atom stereocenters. The Balaban J connectivity index is 0.00000121. The minimum atomic E-state index is -0.409. The van der Waals surface area contributed by atoms with Crippen LogP contribution in [-0.4, -0.2) is 14.9 Å². The van der Waals surface area contributed by atoms with Gasteiger partial charge in [-0.25, -0.2) is 4.98 Å². The van der Waals surface area contributed by atoms with Crippen molar-refractivity contribution in [3.05, 3.63) is 64.3 Å². The SMILES string of the molecule is O=[N+]([O-])c1ccc(-c2csc(-c3ccncc3)n2)cc1.[Br-].[Br-]. The Kier molecular flexibility index (Phi) is 6.79. The highest BCUT2D eigenvalue weighted by atomic mass is 79.9. The van der Waals surface area contributed by atoms with E-state index in [0.29, 0.717) is 0 Å². The third-order valence-electron chi connectivity index (χ3n) is 2.81. The fourth-order valence-electron chi connectivity index (χ4n) is 1.79. The first-order chi connectivity index (χ1) is 9.74. The number of nitrogens with zero attached hydrogens (tertiary/aromatic N) is 3. The molecule has 0 aliphatic heterocycles. The molecule has 0 spiro atoms. The van der Waals surface area contributed by atoms with Gasteiger partial charge in [0, 0.05) is 41.0 Å². The summed E-state index contributed by atoms with van der Waals surface area (Å²) >= 11 is 1.54. The van der Waals surface area contributed by atoms with Gasteiger partial charge in [-0.15, -0.1) is 11.3 Å². The maximum Gasteiger partial charge on any atom is 0.269 e. The van der Waals surface area contributed by atoms with Crippen LogP contribution in [0.2, 0.25) is 0 Å². The quantitative estimate of drug-likeness (QED) is 0.340. The molecule has 0 bridgehead atoms. The van der Waals surface area contributed by atoms with Gasteiger partial charge >= 0.3 is 0 Å². The van der Waals surface area contributed by atoms with E-state index < -0.39 is 4.92 Å². The van der Waals surface area contributed by atoms with E-state index >= 15 is 0 Å². The number of hydrogen-bond acceptors (Lipinski definition) is 5. The molecule has 2 aromatic heterocycles. The largest absolute Gasteiger partial charge is 1.00 e. The summed E-state index contributed by atoms with van der Waals surface area (Å²) in [6.07, 6.45) is 3.45. The Morgan fingerprint density at radius 3 is 2.18 bits per heavy atom. The molecule has 8 heteroatoms. The lowest BCUT2D eigenvalue weighted by Crippen LogP contribution is -3.00. The van der Waals surface area contributed by atoms with E-state index in [4.69, 9.17) is 0 Å². The third kappa shape index (κ3) is 3.96. The van der Waals surface area contributed by atoms with Crippen molar-refractivity contribution in [2.45, 2.75) is 0 Å². The lowest BCUT2D eigenvalue weighted by Gasteiger charge is -1.96. The number of nitro groups is 1. The second kappa shape index (κ2) is 8.11. The second-order valence-electron chi connectivity index (χ2n) is 4.08. The molecule has 0 unspecified atom stereocenters. The lowest BCUT2D eigenvalue weighted by atomic mass is 10.1. The van der Waals surface area contributed by atoms with Crippen molar-refractivity contribution < 1.29 is 38.9 Å². The average Bonchev–Trinajstić information content (AvgIpc) is 2.98. The summed E-state index contributed by atoms with van der Waals surface area (Å²) in [5, 5.41) is 13.5. The molecule has 0 N–H and O–H groups in total. The number of aromatic nitrogens is 2. The van der Waals surface area contributed by atoms with Crippen LogP contribution in [0.1, 0.15) is 0 Å². The minimum Gasteiger partial charge on any atom is -1.00 e. The Labute approximate surface area is 151 Å². The number of benzene rings is 1. The Morgan fingerprint density at radius 1 is 0.955 bits per heavy atom. The normalized spacial score (nSPS) is 9.45. The highest BCUT2D eigenvalue weighted by molar-refractivity contribution is 7.13. The average molecular weight is 443 g/mol. The van der Waals surface area contributed by atoms with Crippen molar-refractivity contribution >= 4 is 17.0 Å². The summed E-state index contributed by atoms with van der Waals surface area (Å²) in [6, 6.07) is 10.2. The maximum atomic E-state index is 10.6. The van der Waals surface area contributed by atoms with Crippen molar-refractivity contribution in [2.24, 2.45) is 0 Å². The predicted octanol–water partition coefficient (Wildman–Crippen LogP) is -2.21. The van der Waals surface area contributed by atoms with Gasteiger partial charge in [-0.1, -0.05) is 0 Å². The second-order valence-corrected chi connectivity index (χ2v) is 4.94. The van der Waals surface area contributed by atoms with E-state index in [1.807, 2.05) is 17.5 Å². The van der Waals surface area contributed by atoms with Gasteiger partial charge in [0.2, 0.25) is 0 Å². The van der Waals surface area contributed by atoms with Gasteiger partial charge in [0.25, 0.3) is 5.69 Å². The van der Waals surface area contributed by atoms with Gasteiger partial charge in [-0.05, 0) is 24.3 Å². The Morgan fingerprint density at radius 2 is 1.59 bits per heavy atom. The van der Waals surface area contributed by atoms with Gasteiger partial charge in [-0.2, -0.15) is 0 Å². The number of nitro benzene ring substituents is 1. The predicted molar refractivity (Wildman–Crippen MR) is 77.4 cm³/mol. The van der Waals surface area contributed by atoms with Crippen molar-refractivity contribution in [3.63, 3.8) is 0 Å². The summed E-state index contributed by atoms with van der Waals surface area (Å²) in [5.74, 6) is 0. The number of rotatable bonds is 3. The number of thiazole rings is 1. The van der Waals surface area contributed by atoms with Crippen LogP contribution in [0.25, 0.3) is 21.8 Å². The first-order valence-electron chi connectivity index (χ1n) is 5.85. The number of halogens is 2. The summed E-state index contributed by atoms with van der Waals surface area (Å²) in [7, 11) is 0. The third-order valence-corrected chi connectivity index (χ3v) is 3.70. The molecule has 3 rings (SSSR count). The fourth-order valence-corrected chi connectivity index (χ4v) is 2.62. The van der Waals surface area contributed by atoms with Crippen LogP contribution in [0.15, 0.2) is 54.2 Å². The number of hydrogen-bond donors (Lipinski definition) is 0. The molecule has 0 amide bonds. The summed E-state index contributed by atoms with van der Waals surface area (Å²) in [5.41, 5.74) is 2.78. The number of non-ortho nitro benzene ring substituents is 1. The van der Waals surface area contributed by atoms with Crippen LogP contribution in [0.3, 0.4) is 0 Å². The van der Waals surface area contributed by atoms with Crippen LogP contribution in [0.5, 0.6) is 0 Å². The first-order valence-corrected chi connectivity index (χ1v) is 6.73. The van der Waals surface area contributed by atoms with E-state index in [1.165, 1.54) is 23.5 Å². The standard InChI is InChI=1S/C14H9N3O2S.2BrH/c18-17(19)12-3-1-10(2-4-12)13-9-20-14(16-13)11-5-7-15-8-6-11;;/h1-9H;2*1H/p-2. The Bertz CT molecular complexity index is 748. The van der Waals surface area contributed by atoms with Crippen molar-refractivity contribution in [3.8, 4) is 21.8 Å². The minimum absolute atomic E-state index is 0. The fraction of sp³-hybridized carbons (Fsp3) is 0. The topological polar surface area (TPSA) is 68.9 Å². The zero-order chi connectivity index (χ0) is 13.9. The monoisotopic (exact) mass is 441 g/mol. The molecule has 0 saturated carbocycles. The van der Waals surface area contributed by atoms with Crippen molar-refractivity contribution in [1.82, 2.24) is 9.97 Å². The van der Waals surface area contributed by atoms with Gasteiger partial charge in [-0.3, -0.25) is 15.1 Å². The van der Waals surface area contributed by atoms with E-state index in [-0.39, 0.29) is 39.7 Å². The smallest absolute Gasteiger partial charge is 0.269 e. The first kappa shape index (κ1) is 18.4. The lowest BCUT2D eigenvalue weighted by molar-refractivity contribution is -0.384. The maximum absolute atomic E-state index is 10.6. The van der Waals surface area contributed by atoms with Gasteiger partial charge in [0.05, 0.1) is 10.6 Å². The van der Waals surface area contributed by atoms with Crippen molar-refractivity contribution in [1.29, 1.82) is 0 Å². The molecule has 1 aromatic carbocycles. The molecule has 0 aliphatic rings. The molecule has 2 heterocycles. The van der Waals surface area contributed by atoms with E-state index in [0.717, 1.165) is 21.8 Å². The molecule has 3 aromatic rings. The van der Waals surface area contributed by atoms with Gasteiger partial charge in [0.15, 0.2) is 0 Å². The molecule has 5 nitrogen and oxygen atoms in total. The van der Waals surface area contributed by atoms with Crippen LogP contribution >= 0.6 is 11.3 Å². The molecule has 0 saturated heterocycles. The molecule has 0 aliphatic carbocycles. The molecular weight excluding hydrogens is 434 g/mol. The van der Waals surface area contributed by atoms with Crippen LogP contribution in [0.4, 0.5) is 5.69 Å². The van der Waals surface area contributed by atoms with E-state index in [9.17, 15) is 10.1 Å². The summed E-state index contributed by atoms with van der Waals surface area (Å²) < 4.78 is 0. The van der Waals surface area contributed by atoms with Crippen molar-refractivity contribution in [2.75, 3.05) is 0 Å². The zero-order valence-electron chi connectivity index (χ0n) is 11.0. The highest BCUT2D eigenvalue weighted by Crippen LogP contribution is 2.29. The van der Waals surface area contributed by atoms with E-state index in [1.54, 1.807) is 24.5 Å². The molecule has 114 valence electrons. The van der Waals surface area contributed by atoms with E-state index in [2.05, 4.69) is 9.97 Å². The number of pyridine rings is 1. The van der Waals surface area contributed by atoms with Crippen LogP contribution in [-0.2, 0) is 0 Å². The van der Waals surface area contributed by atoms with Crippen LogP contribution < -0.4 is 34.0 Å². The molecule has 0 radical (unpaired) electrons. The van der Waals surface area contributed by atoms with Gasteiger partial charge in [0.1, 0.15) is 5.01 Å². The molecular formula is C14H9Br2N3O2S-2. The van der Waals surface area contributed by atoms with Gasteiger partial charge < -0.3 is 34.0 Å². The van der Waals surface area contributed by atoms with Crippen LogP contribution in [0, 0.1) is 10.1 Å². The molecule has 22 heavy (non-hydrogen) atoms. The highest BCUT2D eigenvalue weighted by Gasteiger charge is 2.09. The zero-order valence-corrected chi connectivity index (χ0v) is 15.0. The summed E-state index contributed by atoms with van der Waals surface area (Å²) in [4.78, 5) is 18.7. The summed E-state index contributed by atoms with van der Waals surface area (Å²) in [6.45, 7) is 0. The Hall–Kier alpha value is -1.64.